The fraction of sp³-hybridized carbons (Fsp3) is 0.200. The maximum Gasteiger partial charge on any atom is -1.00 e. The molecule has 0 spiro atoms. The smallest absolute Gasteiger partial charge is 1.00 e. The van der Waals surface area contributed by atoms with Crippen molar-refractivity contribution in [2.45, 2.75) is 30.8 Å². The number of fused-ring (bicyclic) bond motifs is 2. The quantitative estimate of drug-likeness (QED) is 0.499. The molecule has 1 unspecified atom stereocenters. The van der Waals surface area contributed by atoms with E-state index in [1.165, 1.54) is 45.4 Å². The second-order valence-electron chi connectivity index (χ2n) is 7.61. The SMILES string of the molecule is CC1=[C]([Zr+2][CH]2C(n3c(C)c(C)c4ccccc43)=Cc3ccccc32)CC=C1.[Cl-].[Cl-]. The maximum absolute atomic E-state index is 2.55. The van der Waals surface area contributed by atoms with Crippen LogP contribution in [0.5, 0.6) is 0 Å². The summed E-state index contributed by atoms with van der Waals surface area (Å²) in [6.07, 6.45) is 8.30. The van der Waals surface area contributed by atoms with Crippen molar-refractivity contribution in [2.75, 3.05) is 0 Å². The van der Waals surface area contributed by atoms with E-state index >= 15 is 0 Å². The molecule has 0 saturated carbocycles. The number of aryl methyl sites for hydroxylation is 1. The van der Waals surface area contributed by atoms with E-state index in [4.69, 9.17) is 0 Å². The van der Waals surface area contributed by atoms with Crippen LogP contribution in [-0.4, -0.2) is 4.57 Å². The minimum Gasteiger partial charge on any atom is -1.00 e. The van der Waals surface area contributed by atoms with Gasteiger partial charge in [0, 0.05) is 0 Å². The number of allylic oxidation sites excluding steroid dienone is 5. The summed E-state index contributed by atoms with van der Waals surface area (Å²) in [7, 11) is 0. The number of aromatic nitrogens is 1. The molecule has 0 bridgehead atoms. The first-order valence-electron chi connectivity index (χ1n) is 9.65. The Balaban J connectivity index is 0.00000120. The minimum absolute atomic E-state index is 0. The van der Waals surface area contributed by atoms with Crippen LogP contribution in [0, 0.1) is 13.8 Å². The third-order valence-electron chi connectivity index (χ3n) is 6.08. The summed E-state index contributed by atoms with van der Waals surface area (Å²) in [5.41, 5.74) is 10.1. The third kappa shape index (κ3) is 3.65. The van der Waals surface area contributed by atoms with Gasteiger partial charge in [-0.25, -0.2) is 0 Å². The van der Waals surface area contributed by atoms with E-state index in [1.54, 1.807) is 8.84 Å². The molecular formula is C25H23Cl2NZr. The van der Waals surface area contributed by atoms with Crippen LogP contribution in [-0.2, 0) is 23.2 Å². The van der Waals surface area contributed by atoms with Crippen LogP contribution in [0.15, 0.2) is 69.5 Å². The molecule has 5 rings (SSSR count). The van der Waals surface area contributed by atoms with Crippen molar-refractivity contribution >= 4 is 22.7 Å². The van der Waals surface area contributed by atoms with Crippen LogP contribution < -0.4 is 24.8 Å². The van der Waals surface area contributed by atoms with Crippen molar-refractivity contribution in [3.05, 3.63) is 91.9 Å². The molecule has 0 amide bonds. The number of para-hydroxylation sites is 1. The van der Waals surface area contributed by atoms with Gasteiger partial charge >= 0.3 is 173 Å². The molecular weight excluding hydrogens is 476 g/mol. The summed E-state index contributed by atoms with van der Waals surface area (Å²) in [6, 6.07) is 17.9. The van der Waals surface area contributed by atoms with Gasteiger partial charge in [0.05, 0.1) is 0 Å². The van der Waals surface area contributed by atoms with Crippen LogP contribution in [0.1, 0.15) is 39.4 Å². The van der Waals surface area contributed by atoms with E-state index in [0.29, 0.717) is 3.63 Å². The summed E-state index contributed by atoms with van der Waals surface area (Å²) in [5, 5.41) is 1.38. The van der Waals surface area contributed by atoms with E-state index < -0.39 is 23.2 Å². The molecule has 4 heteroatoms. The van der Waals surface area contributed by atoms with Crippen LogP contribution in [0.2, 0.25) is 0 Å². The fourth-order valence-electron chi connectivity index (χ4n) is 4.48. The molecule has 2 aliphatic rings. The number of benzene rings is 2. The first kappa shape index (κ1) is 22.4. The molecule has 0 N–H and O–H groups in total. The molecule has 1 aromatic heterocycles. The summed E-state index contributed by atoms with van der Waals surface area (Å²) in [4.78, 5) is 0. The van der Waals surface area contributed by atoms with Gasteiger partial charge in [-0.2, -0.15) is 0 Å². The zero-order chi connectivity index (χ0) is 18.5. The van der Waals surface area contributed by atoms with Crippen molar-refractivity contribution in [3.63, 3.8) is 0 Å². The third-order valence-corrected chi connectivity index (χ3v) is 10.6. The molecule has 1 atom stereocenters. The molecule has 0 radical (unpaired) electrons. The Morgan fingerprint density at radius 3 is 2.41 bits per heavy atom. The minimum atomic E-state index is -0.771. The van der Waals surface area contributed by atoms with Crippen molar-refractivity contribution in [3.8, 4) is 0 Å². The Morgan fingerprint density at radius 1 is 0.931 bits per heavy atom. The zero-order valence-electron chi connectivity index (χ0n) is 16.8. The number of rotatable bonds is 3. The van der Waals surface area contributed by atoms with Gasteiger partial charge in [-0.3, -0.25) is 0 Å². The molecule has 3 aromatic rings. The number of nitrogens with zero attached hydrogens (tertiary/aromatic N) is 1. The predicted molar refractivity (Wildman–Crippen MR) is 111 cm³/mol. The summed E-state index contributed by atoms with van der Waals surface area (Å²) >= 11 is -0.771. The predicted octanol–water partition coefficient (Wildman–Crippen LogP) is 0.635. The second-order valence-corrected chi connectivity index (χ2v) is 11.2. The largest absolute Gasteiger partial charge is 1.00 e. The van der Waals surface area contributed by atoms with Gasteiger partial charge in [-0.05, 0) is 0 Å². The molecule has 0 fully saturated rings. The molecule has 2 aliphatic carbocycles. The van der Waals surface area contributed by atoms with E-state index in [2.05, 4.69) is 92.1 Å². The number of halogens is 2. The van der Waals surface area contributed by atoms with E-state index in [0.717, 1.165) is 0 Å². The Morgan fingerprint density at radius 2 is 1.66 bits per heavy atom. The van der Waals surface area contributed by atoms with Crippen molar-refractivity contribution in [1.29, 1.82) is 0 Å². The first-order valence-corrected chi connectivity index (χ1v) is 12.3. The molecule has 0 saturated heterocycles. The summed E-state index contributed by atoms with van der Waals surface area (Å²) in [6.45, 7) is 6.84. The zero-order valence-corrected chi connectivity index (χ0v) is 20.8. The van der Waals surface area contributed by atoms with E-state index in [9.17, 15) is 0 Å². The monoisotopic (exact) mass is 497 g/mol. The van der Waals surface area contributed by atoms with Gasteiger partial charge in [-0.1, -0.05) is 0 Å². The molecule has 146 valence electrons. The number of hydrogen-bond acceptors (Lipinski definition) is 0. The Bertz CT molecular complexity index is 1170. The summed E-state index contributed by atoms with van der Waals surface area (Å²) < 4.78 is 4.88. The van der Waals surface area contributed by atoms with Gasteiger partial charge in [0.25, 0.3) is 0 Å². The van der Waals surface area contributed by atoms with Gasteiger partial charge in [-0.15, -0.1) is 0 Å². The molecule has 1 nitrogen and oxygen atoms in total. The van der Waals surface area contributed by atoms with Gasteiger partial charge in [0.1, 0.15) is 0 Å². The first-order chi connectivity index (χ1) is 13.1. The van der Waals surface area contributed by atoms with Gasteiger partial charge < -0.3 is 24.8 Å². The fourth-order valence-corrected chi connectivity index (χ4v) is 8.59. The summed E-state index contributed by atoms with van der Waals surface area (Å²) in [5.74, 6) is 0. The topological polar surface area (TPSA) is 4.93 Å². The maximum atomic E-state index is 2.55. The number of hydrogen-bond donors (Lipinski definition) is 0. The van der Waals surface area contributed by atoms with Crippen molar-refractivity contribution < 1.29 is 48.0 Å². The van der Waals surface area contributed by atoms with Gasteiger partial charge in [0.15, 0.2) is 0 Å². The van der Waals surface area contributed by atoms with Crippen molar-refractivity contribution in [2.24, 2.45) is 0 Å². The van der Waals surface area contributed by atoms with Crippen LogP contribution in [0.4, 0.5) is 0 Å². The molecule has 0 aliphatic heterocycles. The molecule has 1 heterocycles. The Hall–Kier alpha value is -1.34. The Labute approximate surface area is 197 Å². The average Bonchev–Trinajstić information content (AvgIpc) is 3.32. The van der Waals surface area contributed by atoms with Crippen LogP contribution in [0.3, 0.4) is 0 Å². The van der Waals surface area contributed by atoms with E-state index in [1.807, 2.05) is 0 Å². The average molecular weight is 500 g/mol. The standard InChI is InChI=1S/C19H16N.C6H7.2ClH.Zr/c1-13-14(2)20(19-10-6-5-9-18(13)19)17-11-15-7-3-4-8-16(15)12-17;1-6-4-2-3-5-6;;;/h3-12H,1-2H3;2,4H,3H2,1H3;2*1H;/q;;;;+2/p-2. The van der Waals surface area contributed by atoms with E-state index in [-0.39, 0.29) is 24.8 Å². The van der Waals surface area contributed by atoms with Gasteiger partial charge in [0.2, 0.25) is 0 Å². The van der Waals surface area contributed by atoms with Crippen molar-refractivity contribution in [1.82, 2.24) is 4.57 Å². The normalized spacial score (nSPS) is 16.9. The van der Waals surface area contributed by atoms with Crippen LogP contribution >= 0.6 is 0 Å². The van der Waals surface area contributed by atoms with Crippen LogP contribution in [0.25, 0.3) is 22.7 Å². The molecule has 2 aromatic carbocycles. The Kier molecular flexibility index (Phi) is 6.78. The second kappa shape index (κ2) is 8.80. The molecule has 29 heavy (non-hydrogen) atoms.